The first-order valence-corrected chi connectivity index (χ1v) is 18.5. The van der Waals surface area contributed by atoms with E-state index in [1.165, 1.54) is 0 Å². The van der Waals surface area contributed by atoms with Gasteiger partial charge in [-0.2, -0.15) is 0 Å². The van der Waals surface area contributed by atoms with Gasteiger partial charge in [0.05, 0.1) is 6.04 Å². The van der Waals surface area contributed by atoms with E-state index in [4.69, 9.17) is 26.4 Å². The van der Waals surface area contributed by atoms with Gasteiger partial charge in [-0.1, -0.05) is 78.9 Å². The fraction of sp³-hybridized carbons (Fsp3) is 0.415. The van der Waals surface area contributed by atoms with E-state index in [0.29, 0.717) is 18.4 Å². The molecule has 0 heterocycles. The number of unbranched alkanes of at least 4 members (excludes halogenated alkanes) is 1. The van der Waals surface area contributed by atoms with Crippen LogP contribution < -0.4 is 32.7 Å². The van der Waals surface area contributed by atoms with Crippen molar-refractivity contribution in [3.63, 3.8) is 0 Å². The van der Waals surface area contributed by atoms with Gasteiger partial charge in [-0.25, -0.2) is 9.59 Å². The molecule has 14 heteroatoms. The minimum absolute atomic E-state index is 0.00599. The summed E-state index contributed by atoms with van der Waals surface area (Å²) in [6.45, 7) is 5.44. The van der Waals surface area contributed by atoms with Crippen molar-refractivity contribution >= 4 is 36.1 Å². The number of nitrogens with two attached hydrogens (primary N) is 2. The van der Waals surface area contributed by atoms with Crippen LogP contribution in [0, 0.1) is 5.41 Å². The number of alkyl carbamates (subject to hydrolysis) is 2. The molecule has 1 aliphatic carbocycles. The highest BCUT2D eigenvalue weighted by Gasteiger charge is 2.46. The molecule has 0 spiro atoms. The zero-order chi connectivity index (χ0) is 40.0. The minimum Gasteiger partial charge on any atom is -0.449 e. The van der Waals surface area contributed by atoms with Crippen molar-refractivity contribution < 1.29 is 33.4 Å². The molecule has 3 atom stereocenters. The summed E-state index contributed by atoms with van der Waals surface area (Å²) in [7, 11) is 0. The maximum atomic E-state index is 14.5. The monoisotopic (exact) mass is 754 g/mol. The van der Waals surface area contributed by atoms with E-state index >= 15 is 0 Å². The largest absolute Gasteiger partial charge is 0.449 e. The van der Waals surface area contributed by atoms with Gasteiger partial charge in [-0.05, 0) is 93.7 Å². The SMILES string of the molecule is CC(C)(C)OC(=O)N[C@]([C]=O)(CCCCN)C(=O)[C@H](Cc1ccccc1)NC(=O)[C@@H](CCCNC(=N)N)NC(=O)OCC1c2ccccc2-c2ccccc21. The van der Waals surface area contributed by atoms with Crippen molar-refractivity contribution in [1.29, 1.82) is 5.41 Å². The quantitative estimate of drug-likeness (QED) is 0.0403. The third-order valence-corrected chi connectivity index (χ3v) is 9.17. The highest BCUT2D eigenvalue weighted by molar-refractivity contribution is 6.09. The number of carbonyl (C=O) groups excluding carboxylic acids is 5. The number of fused-ring (bicyclic) bond motifs is 3. The summed E-state index contributed by atoms with van der Waals surface area (Å²) in [6.07, 6.45) is 0.813. The van der Waals surface area contributed by atoms with Crippen LogP contribution in [-0.4, -0.2) is 79.0 Å². The third-order valence-electron chi connectivity index (χ3n) is 9.17. The van der Waals surface area contributed by atoms with E-state index in [1.807, 2.05) is 48.5 Å². The van der Waals surface area contributed by atoms with Crippen molar-refractivity contribution in [2.24, 2.45) is 11.5 Å². The number of ether oxygens (including phenoxy) is 2. The summed E-state index contributed by atoms with van der Waals surface area (Å²) in [5.41, 5.74) is 12.8. The number of benzene rings is 3. The molecule has 0 aromatic heterocycles. The van der Waals surface area contributed by atoms with Crippen LogP contribution in [-0.2, 0) is 30.3 Å². The number of guanidine groups is 1. The molecule has 3 aromatic rings. The Morgan fingerprint density at radius 2 is 1.45 bits per heavy atom. The third kappa shape index (κ3) is 11.9. The molecule has 0 unspecified atom stereocenters. The molecule has 14 nitrogen and oxygen atoms in total. The van der Waals surface area contributed by atoms with Crippen LogP contribution in [0.15, 0.2) is 78.9 Å². The summed E-state index contributed by atoms with van der Waals surface area (Å²) in [5, 5.41) is 18.0. The van der Waals surface area contributed by atoms with E-state index in [2.05, 4.69) is 21.3 Å². The summed E-state index contributed by atoms with van der Waals surface area (Å²) >= 11 is 0. The second-order valence-electron chi connectivity index (χ2n) is 14.5. The summed E-state index contributed by atoms with van der Waals surface area (Å²) < 4.78 is 11.1. The van der Waals surface area contributed by atoms with Gasteiger partial charge in [0.1, 0.15) is 18.2 Å². The highest BCUT2D eigenvalue weighted by Crippen LogP contribution is 2.44. The molecule has 293 valence electrons. The molecule has 1 radical (unpaired) electrons. The summed E-state index contributed by atoms with van der Waals surface area (Å²) in [6, 6.07) is 22.1. The van der Waals surface area contributed by atoms with E-state index in [9.17, 15) is 24.0 Å². The first-order chi connectivity index (χ1) is 26.3. The maximum absolute atomic E-state index is 14.5. The van der Waals surface area contributed by atoms with Crippen molar-refractivity contribution in [2.75, 3.05) is 19.7 Å². The van der Waals surface area contributed by atoms with Crippen LogP contribution in [0.1, 0.15) is 75.5 Å². The molecule has 0 saturated carbocycles. The van der Waals surface area contributed by atoms with E-state index in [0.717, 1.165) is 22.3 Å². The Labute approximate surface area is 322 Å². The number of hydrogen-bond donors (Lipinski definition) is 7. The molecule has 3 aromatic carbocycles. The van der Waals surface area contributed by atoms with Crippen LogP contribution in [0.5, 0.6) is 0 Å². The average Bonchev–Trinajstić information content (AvgIpc) is 3.47. The molecule has 4 rings (SSSR count). The molecule has 0 aliphatic heterocycles. The topological polar surface area (TPSA) is 228 Å². The molecule has 0 bridgehead atoms. The van der Waals surface area contributed by atoms with Gasteiger partial charge in [-0.15, -0.1) is 0 Å². The Hall–Kier alpha value is -5.76. The minimum atomic E-state index is -2.19. The molecule has 0 fully saturated rings. The lowest BCUT2D eigenvalue weighted by molar-refractivity contribution is -0.131. The van der Waals surface area contributed by atoms with Gasteiger partial charge in [0.2, 0.25) is 12.2 Å². The first kappa shape index (κ1) is 42.0. The number of carbonyl (C=O) groups is 4. The number of rotatable bonds is 19. The van der Waals surface area contributed by atoms with E-state index in [1.54, 1.807) is 57.4 Å². The molecule has 3 amide bonds. The van der Waals surface area contributed by atoms with E-state index in [-0.39, 0.29) is 57.3 Å². The van der Waals surface area contributed by atoms with Gasteiger partial charge in [-0.3, -0.25) is 19.8 Å². The first-order valence-electron chi connectivity index (χ1n) is 18.5. The highest BCUT2D eigenvalue weighted by atomic mass is 16.6. The summed E-state index contributed by atoms with van der Waals surface area (Å²) in [4.78, 5) is 67.9. The zero-order valence-corrected chi connectivity index (χ0v) is 31.6. The lowest BCUT2D eigenvalue weighted by Crippen LogP contribution is -2.64. The van der Waals surface area contributed by atoms with Crippen LogP contribution >= 0.6 is 0 Å². The maximum Gasteiger partial charge on any atom is 0.408 e. The van der Waals surface area contributed by atoms with Gasteiger partial charge in [0, 0.05) is 12.5 Å². The van der Waals surface area contributed by atoms with Gasteiger partial charge >= 0.3 is 12.2 Å². The Bertz CT molecular complexity index is 1770. The van der Waals surface area contributed by atoms with Gasteiger partial charge in [0.15, 0.2) is 17.3 Å². The van der Waals surface area contributed by atoms with Crippen molar-refractivity contribution in [1.82, 2.24) is 21.3 Å². The Balaban J connectivity index is 1.58. The zero-order valence-electron chi connectivity index (χ0n) is 31.6. The normalized spacial score (nSPS) is 14.2. The van der Waals surface area contributed by atoms with Crippen molar-refractivity contribution in [2.45, 2.75) is 88.4 Å². The molecule has 55 heavy (non-hydrogen) atoms. The summed E-state index contributed by atoms with van der Waals surface area (Å²) in [5.74, 6) is -2.03. The number of hydrogen-bond acceptors (Lipinski definition) is 9. The Morgan fingerprint density at radius 1 is 0.836 bits per heavy atom. The smallest absolute Gasteiger partial charge is 0.408 e. The standard InChI is InChI=1S/C41H52N7O7/c1-40(2,3)55-39(53)48-41(26-49,21-11-12-22-42)35(50)34(24-27-14-5-4-6-15-27)46-36(51)33(20-13-23-45-37(43)44)47-38(52)54-25-32-30-18-9-7-16-28(30)29-17-8-10-19-31(29)32/h4-10,14-19,32-34H,11-13,20-25,42H2,1-3H3,(H,46,51)(H,47,52)(H,48,53)(H4,43,44,45)/t33-,34+,41+/m1/s1. The van der Waals surface area contributed by atoms with Gasteiger partial charge in [0.25, 0.3) is 0 Å². The van der Waals surface area contributed by atoms with Crippen LogP contribution in [0.3, 0.4) is 0 Å². The molecule has 9 N–H and O–H groups in total. The molecular weight excluding hydrogens is 702 g/mol. The van der Waals surface area contributed by atoms with Crippen molar-refractivity contribution in [3.05, 3.63) is 95.6 Å². The van der Waals surface area contributed by atoms with Crippen LogP contribution in [0.4, 0.5) is 9.59 Å². The fourth-order valence-corrected chi connectivity index (χ4v) is 6.60. The molecular formula is C41H52N7O7. The predicted octanol–water partition coefficient (Wildman–Crippen LogP) is 3.96. The Kier molecular flexibility index (Phi) is 14.9. The Morgan fingerprint density at radius 3 is 2.04 bits per heavy atom. The second-order valence-corrected chi connectivity index (χ2v) is 14.5. The van der Waals surface area contributed by atoms with Crippen molar-refractivity contribution in [3.8, 4) is 11.1 Å². The molecule has 0 saturated heterocycles. The number of amides is 3. The number of nitrogens with one attached hydrogen (secondary N) is 5. The van der Waals surface area contributed by atoms with E-state index < -0.39 is 47.1 Å². The predicted molar refractivity (Wildman–Crippen MR) is 209 cm³/mol. The second kappa shape index (κ2) is 19.5. The molecule has 1 aliphatic rings. The lowest BCUT2D eigenvalue weighted by Gasteiger charge is -2.33. The average molecular weight is 755 g/mol. The fourth-order valence-electron chi connectivity index (χ4n) is 6.60. The number of Topliss-reactive ketones (excluding diaryl/α,β-unsaturated/α-hetero) is 1. The van der Waals surface area contributed by atoms with Crippen LogP contribution in [0.2, 0.25) is 0 Å². The number of ketones is 1. The van der Waals surface area contributed by atoms with Crippen LogP contribution in [0.25, 0.3) is 11.1 Å². The van der Waals surface area contributed by atoms with Gasteiger partial charge < -0.3 is 42.2 Å². The lowest BCUT2D eigenvalue weighted by atomic mass is 9.83.